The van der Waals surface area contributed by atoms with Crippen LogP contribution in [0.5, 0.6) is 0 Å². The lowest BCUT2D eigenvalue weighted by Crippen LogP contribution is -2.44. The van der Waals surface area contributed by atoms with Crippen LogP contribution in [0.1, 0.15) is 49.3 Å². The Labute approximate surface area is 145 Å². The molecule has 2 aliphatic rings. The average molecular weight is 330 g/mol. The molecule has 0 aromatic heterocycles. The number of benzene rings is 1. The fraction of sp³-hybridized carbons (Fsp3) is 0.650. The van der Waals surface area contributed by atoms with Crippen LogP contribution in [0, 0.1) is 12.8 Å². The molecule has 3 rings (SSSR count). The van der Waals surface area contributed by atoms with E-state index in [1.807, 2.05) is 0 Å². The summed E-state index contributed by atoms with van der Waals surface area (Å²) < 4.78 is 5.45. The highest BCUT2D eigenvalue weighted by Crippen LogP contribution is 2.25. The minimum Gasteiger partial charge on any atom is -0.379 e. The van der Waals surface area contributed by atoms with Crippen LogP contribution in [0.25, 0.3) is 0 Å². The number of nitrogens with one attached hydrogen (secondary N) is 1. The predicted molar refractivity (Wildman–Crippen MR) is 95.9 cm³/mol. The van der Waals surface area contributed by atoms with Gasteiger partial charge in [-0.2, -0.15) is 0 Å². The number of hydrogen-bond acceptors (Lipinski definition) is 3. The molecule has 1 aliphatic heterocycles. The van der Waals surface area contributed by atoms with Gasteiger partial charge in [-0.05, 0) is 25.3 Å². The zero-order valence-electron chi connectivity index (χ0n) is 14.8. The quantitative estimate of drug-likeness (QED) is 0.902. The Bertz CT molecular complexity index is 517. The van der Waals surface area contributed by atoms with Crippen LogP contribution < -0.4 is 5.32 Å². The molecule has 0 bridgehead atoms. The van der Waals surface area contributed by atoms with Gasteiger partial charge in [-0.3, -0.25) is 9.69 Å². The number of aryl methyl sites for hydroxylation is 1. The van der Waals surface area contributed by atoms with E-state index in [-0.39, 0.29) is 17.9 Å². The Hall–Kier alpha value is -1.39. The molecule has 4 heteroatoms. The molecule has 1 N–H and O–H groups in total. The molecule has 2 fully saturated rings. The summed E-state index contributed by atoms with van der Waals surface area (Å²) in [5, 5.41) is 3.35. The topological polar surface area (TPSA) is 41.6 Å². The zero-order valence-corrected chi connectivity index (χ0v) is 14.8. The number of hydrogen-bond donors (Lipinski definition) is 1. The molecular formula is C20H30N2O2. The standard InChI is InChI=1S/C20H30N2O2/c1-16-7-9-17(10-8-16)19(15-22-11-13-24-14-12-22)21-20(23)18-5-3-2-4-6-18/h7-10,18-19H,2-6,11-15H2,1H3,(H,21,23)/t19-/m1/s1. The lowest BCUT2D eigenvalue weighted by atomic mass is 9.88. The predicted octanol–water partition coefficient (Wildman–Crippen LogP) is 3.06. The van der Waals surface area contributed by atoms with Gasteiger partial charge in [0, 0.05) is 25.6 Å². The van der Waals surface area contributed by atoms with Crippen LogP contribution >= 0.6 is 0 Å². The van der Waals surface area contributed by atoms with Crippen LogP contribution in [-0.4, -0.2) is 43.7 Å². The average Bonchev–Trinajstić information content (AvgIpc) is 2.63. The Kier molecular flexibility index (Phi) is 6.27. The van der Waals surface area contributed by atoms with E-state index >= 15 is 0 Å². The summed E-state index contributed by atoms with van der Waals surface area (Å²) >= 11 is 0. The van der Waals surface area contributed by atoms with Crippen LogP contribution in [0.15, 0.2) is 24.3 Å². The highest BCUT2D eigenvalue weighted by atomic mass is 16.5. The summed E-state index contributed by atoms with van der Waals surface area (Å²) in [6, 6.07) is 8.64. The monoisotopic (exact) mass is 330 g/mol. The molecule has 1 aliphatic carbocycles. The fourth-order valence-electron chi connectivity index (χ4n) is 3.73. The highest BCUT2D eigenvalue weighted by Gasteiger charge is 2.25. The molecule has 1 atom stereocenters. The second kappa shape index (κ2) is 8.63. The van der Waals surface area contributed by atoms with Gasteiger partial charge >= 0.3 is 0 Å². The number of ether oxygens (including phenoxy) is 1. The summed E-state index contributed by atoms with van der Waals surface area (Å²) in [7, 11) is 0. The number of carbonyl (C=O) groups is 1. The first kappa shape index (κ1) is 17.4. The number of nitrogens with zero attached hydrogens (tertiary/aromatic N) is 1. The van der Waals surface area contributed by atoms with Crippen molar-refractivity contribution >= 4 is 5.91 Å². The van der Waals surface area contributed by atoms with Crippen molar-refractivity contribution in [2.24, 2.45) is 5.92 Å². The van der Waals surface area contributed by atoms with Gasteiger partial charge in [0.15, 0.2) is 0 Å². The van der Waals surface area contributed by atoms with Crippen molar-refractivity contribution in [2.75, 3.05) is 32.8 Å². The van der Waals surface area contributed by atoms with E-state index in [2.05, 4.69) is 41.4 Å². The van der Waals surface area contributed by atoms with E-state index in [9.17, 15) is 4.79 Å². The molecular weight excluding hydrogens is 300 g/mol. The lowest BCUT2D eigenvalue weighted by Gasteiger charge is -2.32. The van der Waals surface area contributed by atoms with Crippen molar-refractivity contribution < 1.29 is 9.53 Å². The zero-order chi connectivity index (χ0) is 16.8. The normalized spacial score (nSPS) is 21.4. The number of morpholine rings is 1. The van der Waals surface area contributed by atoms with Crippen molar-refractivity contribution in [3.05, 3.63) is 35.4 Å². The fourth-order valence-corrected chi connectivity index (χ4v) is 3.73. The van der Waals surface area contributed by atoms with E-state index in [1.54, 1.807) is 0 Å². The first-order valence-electron chi connectivity index (χ1n) is 9.39. The van der Waals surface area contributed by atoms with Crippen LogP contribution in [0.2, 0.25) is 0 Å². The van der Waals surface area contributed by atoms with Crippen molar-refractivity contribution in [2.45, 2.75) is 45.1 Å². The molecule has 0 spiro atoms. The lowest BCUT2D eigenvalue weighted by molar-refractivity contribution is -0.126. The molecule has 4 nitrogen and oxygen atoms in total. The third-order valence-electron chi connectivity index (χ3n) is 5.32. The largest absolute Gasteiger partial charge is 0.379 e. The number of rotatable bonds is 5. The third kappa shape index (κ3) is 4.81. The minimum absolute atomic E-state index is 0.0677. The SMILES string of the molecule is Cc1ccc([C@@H](CN2CCOCC2)NC(=O)C2CCCCC2)cc1. The summed E-state index contributed by atoms with van der Waals surface area (Å²) in [6.45, 7) is 6.43. The van der Waals surface area contributed by atoms with Gasteiger partial charge in [-0.1, -0.05) is 49.1 Å². The Balaban J connectivity index is 1.68. The van der Waals surface area contributed by atoms with Gasteiger partial charge in [0.1, 0.15) is 0 Å². The van der Waals surface area contributed by atoms with Crippen molar-refractivity contribution in [1.82, 2.24) is 10.2 Å². The van der Waals surface area contributed by atoms with E-state index in [4.69, 9.17) is 4.74 Å². The Morgan fingerprint density at radius 3 is 2.50 bits per heavy atom. The number of amides is 1. The highest BCUT2D eigenvalue weighted by molar-refractivity contribution is 5.79. The molecule has 132 valence electrons. The molecule has 24 heavy (non-hydrogen) atoms. The molecule has 0 unspecified atom stereocenters. The van der Waals surface area contributed by atoms with E-state index in [1.165, 1.54) is 30.4 Å². The second-order valence-electron chi connectivity index (χ2n) is 7.22. The van der Waals surface area contributed by atoms with Crippen LogP contribution in [0.3, 0.4) is 0 Å². The molecule has 1 aromatic carbocycles. The second-order valence-corrected chi connectivity index (χ2v) is 7.22. The summed E-state index contributed by atoms with van der Waals surface area (Å²) in [5.74, 6) is 0.449. The minimum atomic E-state index is 0.0677. The summed E-state index contributed by atoms with van der Waals surface area (Å²) in [5.41, 5.74) is 2.46. The molecule has 0 radical (unpaired) electrons. The maximum atomic E-state index is 12.7. The van der Waals surface area contributed by atoms with E-state index in [0.29, 0.717) is 0 Å². The smallest absolute Gasteiger partial charge is 0.223 e. The molecule has 1 aromatic rings. The van der Waals surface area contributed by atoms with Crippen molar-refractivity contribution in [3.8, 4) is 0 Å². The maximum absolute atomic E-state index is 12.7. The number of carbonyl (C=O) groups excluding carboxylic acids is 1. The first-order valence-corrected chi connectivity index (χ1v) is 9.39. The van der Waals surface area contributed by atoms with Crippen LogP contribution in [0.4, 0.5) is 0 Å². The molecule has 1 saturated carbocycles. The van der Waals surface area contributed by atoms with Gasteiger partial charge in [-0.15, -0.1) is 0 Å². The molecule has 1 heterocycles. The van der Waals surface area contributed by atoms with E-state index in [0.717, 1.165) is 45.7 Å². The molecule has 1 amide bonds. The molecule has 1 saturated heterocycles. The van der Waals surface area contributed by atoms with E-state index < -0.39 is 0 Å². The van der Waals surface area contributed by atoms with Gasteiger partial charge in [0.2, 0.25) is 5.91 Å². The van der Waals surface area contributed by atoms with Gasteiger partial charge < -0.3 is 10.1 Å². The third-order valence-corrected chi connectivity index (χ3v) is 5.32. The van der Waals surface area contributed by atoms with Crippen LogP contribution in [-0.2, 0) is 9.53 Å². The summed E-state index contributed by atoms with van der Waals surface area (Å²) in [6.07, 6.45) is 5.75. The van der Waals surface area contributed by atoms with Gasteiger partial charge in [-0.25, -0.2) is 0 Å². The summed E-state index contributed by atoms with van der Waals surface area (Å²) in [4.78, 5) is 15.1. The van der Waals surface area contributed by atoms with Gasteiger partial charge in [0.25, 0.3) is 0 Å². The Morgan fingerprint density at radius 2 is 1.83 bits per heavy atom. The maximum Gasteiger partial charge on any atom is 0.223 e. The first-order chi connectivity index (χ1) is 11.7. The van der Waals surface area contributed by atoms with Crippen molar-refractivity contribution in [3.63, 3.8) is 0 Å². The Morgan fingerprint density at radius 1 is 1.17 bits per heavy atom. The van der Waals surface area contributed by atoms with Crippen molar-refractivity contribution in [1.29, 1.82) is 0 Å². The van der Waals surface area contributed by atoms with Gasteiger partial charge in [0.05, 0.1) is 19.3 Å².